The van der Waals surface area contributed by atoms with Crippen LogP contribution in [-0.2, 0) is 11.3 Å². The van der Waals surface area contributed by atoms with Crippen LogP contribution < -0.4 is 5.32 Å². The van der Waals surface area contributed by atoms with Crippen LogP contribution in [0.4, 0.5) is 10.3 Å². The molecule has 114 valence electrons. The normalized spacial score (nSPS) is 12.4. The second-order valence-electron chi connectivity index (χ2n) is 5.27. The first-order valence-corrected chi connectivity index (χ1v) is 7.06. The maximum absolute atomic E-state index is 13.7. The van der Waals surface area contributed by atoms with Gasteiger partial charge in [-0.2, -0.15) is 0 Å². The summed E-state index contributed by atoms with van der Waals surface area (Å²) in [6.45, 7) is 7.06. The van der Waals surface area contributed by atoms with Crippen LogP contribution in [0.1, 0.15) is 29.8 Å². The largest absolute Gasteiger partial charge is 0.383 e. The third-order valence-electron chi connectivity index (χ3n) is 3.47. The summed E-state index contributed by atoms with van der Waals surface area (Å²) >= 11 is 0. The Morgan fingerprint density at radius 2 is 2.14 bits per heavy atom. The average Bonchev–Trinajstić information content (AvgIpc) is 2.79. The van der Waals surface area contributed by atoms with Gasteiger partial charge in [0.2, 0.25) is 5.95 Å². The van der Waals surface area contributed by atoms with Crippen molar-refractivity contribution in [2.75, 3.05) is 19.0 Å². The van der Waals surface area contributed by atoms with Gasteiger partial charge in [-0.1, -0.05) is 12.1 Å². The average molecular weight is 291 g/mol. The fourth-order valence-corrected chi connectivity index (χ4v) is 2.18. The van der Waals surface area contributed by atoms with E-state index in [0.717, 1.165) is 23.8 Å². The van der Waals surface area contributed by atoms with Crippen molar-refractivity contribution >= 4 is 5.95 Å². The van der Waals surface area contributed by atoms with E-state index in [9.17, 15) is 4.39 Å². The minimum Gasteiger partial charge on any atom is -0.383 e. The summed E-state index contributed by atoms with van der Waals surface area (Å²) in [5.74, 6) is 0.595. The Labute approximate surface area is 125 Å². The molecule has 0 radical (unpaired) electrons. The van der Waals surface area contributed by atoms with Crippen molar-refractivity contribution in [3.63, 3.8) is 0 Å². The molecule has 0 amide bonds. The zero-order chi connectivity index (χ0) is 15.4. The van der Waals surface area contributed by atoms with Gasteiger partial charge >= 0.3 is 0 Å². The second-order valence-corrected chi connectivity index (χ2v) is 5.27. The molecule has 0 aliphatic carbocycles. The number of methoxy groups -OCH3 is 1. The molecule has 4 nitrogen and oxygen atoms in total. The van der Waals surface area contributed by atoms with E-state index in [0.29, 0.717) is 12.2 Å². The third-order valence-corrected chi connectivity index (χ3v) is 3.47. The lowest BCUT2D eigenvalue weighted by Gasteiger charge is -2.17. The maximum Gasteiger partial charge on any atom is 0.203 e. The van der Waals surface area contributed by atoms with E-state index in [1.54, 1.807) is 26.2 Å². The van der Waals surface area contributed by atoms with Crippen LogP contribution in [0.5, 0.6) is 0 Å². The Kier molecular flexibility index (Phi) is 4.96. The molecule has 5 heteroatoms. The molecule has 0 spiro atoms. The number of halogens is 1. The Morgan fingerprint density at radius 1 is 1.38 bits per heavy atom. The van der Waals surface area contributed by atoms with Gasteiger partial charge in [-0.3, -0.25) is 0 Å². The molecule has 1 atom stereocenters. The minimum absolute atomic E-state index is 0.0248. The highest BCUT2D eigenvalue weighted by atomic mass is 19.1. The van der Waals surface area contributed by atoms with Crippen molar-refractivity contribution in [2.45, 2.75) is 33.4 Å². The highest BCUT2D eigenvalue weighted by Gasteiger charge is 2.12. The smallest absolute Gasteiger partial charge is 0.203 e. The maximum atomic E-state index is 13.7. The van der Waals surface area contributed by atoms with Gasteiger partial charge < -0.3 is 14.6 Å². The number of nitrogens with one attached hydrogen (secondary N) is 1. The first-order chi connectivity index (χ1) is 10.0. The molecular formula is C16H22FN3O. The summed E-state index contributed by atoms with van der Waals surface area (Å²) in [5.41, 5.74) is 2.50. The predicted molar refractivity (Wildman–Crippen MR) is 82.0 cm³/mol. The molecule has 0 bridgehead atoms. The van der Waals surface area contributed by atoms with Gasteiger partial charge in [0, 0.05) is 19.9 Å². The lowest BCUT2D eigenvalue weighted by molar-refractivity contribution is 0.187. The molecule has 2 aromatic rings. The number of hydrogen-bond donors (Lipinski definition) is 1. The van der Waals surface area contributed by atoms with E-state index in [1.807, 2.05) is 30.7 Å². The molecule has 0 fully saturated rings. The lowest BCUT2D eigenvalue weighted by Crippen LogP contribution is -2.13. The lowest BCUT2D eigenvalue weighted by atomic mass is 10.1. The van der Waals surface area contributed by atoms with Crippen molar-refractivity contribution in [1.82, 2.24) is 9.55 Å². The van der Waals surface area contributed by atoms with Crippen molar-refractivity contribution in [1.29, 1.82) is 0 Å². The van der Waals surface area contributed by atoms with Crippen LogP contribution in [-0.4, -0.2) is 23.3 Å². The van der Waals surface area contributed by atoms with Crippen LogP contribution in [0.3, 0.4) is 0 Å². The standard InChI is InChI=1S/C16H22FN3O/c1-11-5-6-14(9-15(11)17)13(3)19-16-18-12(2)10-20(16)7-8-21-4/h5-6,9-10,13H,7-8H2,1-4H3,(H,18,19). The van der Waals surface area contributed by atoms with E-state index in [4.69, 9.17) is 4.74 Å². The van der Waals surface area contributed by atoms with Gasteiger partial charge in [0.15, 0.2) is 0 Å². The molecule has 1 N–H and O–H groups in total. The molecular weight excluding hydrogens is 269 g/mol. The number of aryl methyl sites for hydroxylation is 2. The van der Waals surface area contributed by atoms with Crippen LogP contribution >= 0.6 is 0 Å². The van der Waals surface area contributed by atoms with Gasteiger partial charge in [0.05, 0.1) is 18.3 Å². The third kappa shape index (κ3) is 3.82. The van der Waals surface area contributed by atoms with E-state index in [2.05, 4.69) is 10.3 Å². The zero-order valence-corrected chi connectivity index (χ0v) is 13.0. The second kappa shape index (κ2) is 6.72. The minimum atomic E-state index is -0.181. The molecule has 0 saturated carbocycles. The van der Waals surface area contributed by atoms with E-state index >= 15 is 0 Å². The first kappa shape index (κ1) is 15.5. The number of anilines is 1. The van der Waals surface area contributed by atoms with Crippen molar-refractivity contribution in [2.24, 2.45) is 0 Å². The Bertz CT molecular complexity index is 610. The summed E-state index contributed by atoms with van der Waals surface area (Å²) in [4.78, 5) is 4.47. The predicted octanol–water partition coefficient (Wildman–Crippen LogP) is 3.46. The summed E-state index contributed by atoms with van der Waals surface area (Å²) < 4.78 is 20.8. The van der Waals surface area contributed by atoms with Crippen molar-refractivity contribution in [3.8, 4) is 0 Å². The molecule has 0 saturated heterocycles. The molecule has 21 heavy (non-hydrogen) atoms. The Balaban J connectivity index is 2.14. The summed E-state index contributed by atoms with van der Waals surface area (Å²) in [7, 11) is 1.68. The molecule has 1 unspecified atom stereocenters. The van der Waals surface area contributed by atoms with Crippen molar-refractivity contribution in [3.05, 3.63) is 47.0 Å². The molecule has 2 rings (SSSR count). The summed E-state index contributed by atoms with van der Waals surface area (Å²) in [6, 6.07) is 5.28. The zero-order valence-electron chi connectivity index (χ0n) is 13.0. The number of rotatable bonds is 6. The summed E-state index contributed by atoms with van der Waals surface area (Å²) in [5, 5.41) is 3.33. The fraction of sp³-hybridized carbons (Fsp3) is 0.438. The van der Waals surface area contributed by atoms with E-state index in [1.165, 1.54) is 0 Å². The van der Waals surface area contributed by atoms with E-state index < -0.39 is 0 Å². The van der Waals surface area contributed by atoms with Gasteiger partial charge in [-0.25, -0.2) is 9.37 Å². The first-order valence-electron chi connectivity index (χ1n) is 7.06. The number of nitrogens with zero attached hydrogens (tertiary/aromatic N) is 2. The monoisotopic (exact) mass is 291 g/mol. The fourth-order valence-electron chi connectivity index (χ4n) is 2.18. The number of hydrogen-bond acceptors (Lipinski definition) is 3. The number of imidazole rings is 1. The van der Waals surface area contributed by atoms with Crippen LogP contribution in [0.25, 0.3) is 0 Å². The topological polar surface area (TPSA) is 39.1 Å². The molecule has 1 aromatic heterocycles. The van der Waals surface area contributed by atoms with Crippen molar-refractivity contribution < 1.29 is 9.13 Å². The quantitative estimate of drug-likeness (QED) is 0.886. The summed E-state index contributed by atoms with van der Waals surface area (Å²) in [6.07, 6.45) is 1.98. The number of ether oxygens (including phenoxy) is 1. The molecule has 0 aliphatic rings. The number of benzene rings is 1. The van der Waals surface area contributed by atoms with Crippen LogP contribution in [0, 0.1) is 19.7 Å². The number of aromatic nitrogens is 2. The Hall–Kier alpha value is -1.88. The highest BCUT2D eigenvalue weighted by Crippen LogP contribution is 2.21. The van der Waals surface area contributed by atoms with Gasteiger partial charge in [-0.05, 0) is 38.0 Å². The SMILES string of the molecule is COCCn1cc(C)nc1NC(C)c1ccc(C)c(F)c1. The Morgan fingerprint density at radius 3 is 2.81 bits per heavy atom. The molecule has 0 aliphatic heterocycles. The van der Waals surface area contributed by atoms with Gasteiger partial charge in [-0.15, -0.1) is 0 Å². The molecule has 1 heterocycles. The van der Waals surface area contributed by atoms with Gasteiger partial charge in [0.1, 0.15) is 5.82 Å². The van der Waals surface area contributed by atoms with Crippen LogP contribution in [0.15, 0.2) is 24.4 Å². The van der Waals surface area contributed by atoms with Gasteiger partial charge in [0.25, 0.3) is 0 Å². The van der Waals surface area contributed by atoms with Crippen LogP contribution in [0.2, 0.25) is 0 Å². The molecule has 1 aromatic carbocycles. The highest BCUT2D eigenvalue weighted by molar-refractivity contribution is 5.35. The van der Waals surface area contributed by atoms with E-state index in [-0.39, 0.29) is 11.9 Å².